The third-order valence-corrected chi connectivity index (χ3v) is 4.21. The number of nitrogens with one attached hydrogen (secondary N) is 1. The lowest BCUT2D eigenvalue weighted by atomic mass is 10.0. The first kappa shape index (κ1) is 18.6. The van der Waals surface area contributed by atoms with E-state index in [0.29, 0.717) is 12.0 Å². The number of carbonyl (C=O) groups is 1. The number of aryl methyl sites for hydroxylation is 1. The highest BCUT2D eigenvalue weighted by molar-refractivity contribution is 5.76. The van der Waals surface area contributed by atoms with Crippen molar-refractivity contribution in [2.24, 2.45) is 0 Å². The van der Waals surface area contributed by atoms with Gasteiger partial charge in [-0.2, -0.15) is 4.68 Å². The molecule has 6 nitrogen and oxygen atoms in total. The molecule has 0 aliphatic heterocycles. The van der Waals surface area contributed by atoms with E-state index in [1.54, 1.807) is 0 Å². The third kappa shape index (κ3) is 4.49. The standard InChI is InChI=1S/C20H20FN3O3/c1-3-17(14-6-4-13(2)5-7-14)22-18(25)12-24-20(26)27-19(23-24)15-8-10-16(21)11-9-15/h4-11,17H,3,12H2,1-2H3,(H,22,25)/t17-/m0/s1. The number of benzene rings is 2. The van der Waals surface area contributed by atoms with E-state index in [1.165, 1.54) is 24.3 Å². The lowest BCUT2D eigenvalue weighted by Crippen LogP contribution is -2.34. The minimum absolute atomic E-state index is 0.0402. The maximum atomic E-state index is 13.0. The van der Waals surface area contributed by atoms with Gasteiger partial charge in [0.25, 0.3) is 0 Å². The average Bonchev–Trinajstić information content (AvgIpc) is 3.01. The average molecular weight is 369 g/mol. The first-order valence-corrected chi connectivity index (χ1v) is 8.66. The highest BCUT2D eigenvalue weighted by Gasteiger charge is 2.16. The number of halogens is 1. The molecule has 1 amide bonds. The van der Waals surface area contributed by atoms with Crippen molar-refractivity contribution < 1.29 is 13.6 Å². The molecule has 0 unspecified atom stereocenters. The monoisotopic (exact) mass is 369 g/mol. The summed E-state index contributed by atoms with van der Waals surface area (Å²) in [5, 5.41) is 6.93. The van der Waals surface area contributed by atoms with E-state index in [4.69, 9.17) is 4.42 Å². The Labute approximate surface area is 155 Å². The Hall–Kier alpha value is -3.22. The minimum Gasteiger partial charge on any atom is -0.388 e. The van der Waals surface area contributed by atoms with E-state index >= 15 is 0 Å². The van der Waals surface area contributed by atoms with Gasteiger partial charge in [-0.3, -0.25) is 4.79 Å². The summed E-state index contributed by atoms with van der Waals surface area (Å²) in [5.74, 6) is -1.45. The molecule has 0 bridgehead atoms. The second kappa shape index (κ2) is 7.99. The van der Waals surface area contributed by atoms with Crippen molar-refractivity contribution in [3.05, 3.63) is 76.0 Å². The van der Waals surface area contributed by atoms with Crippen LogP contribution in [0.3, 0.4) is 0 Å². The lowest BCUT2D eigenvalue weighted by Gasteiger charge is -2.17. The fraction of sp³-hybridized carbons (Fsp3) is 0.250. The fourth-order valence-corrected chi connectivity index (χ4v) is 2.71. The van der Waals surface area contributed by atoms with Crippen molar-refractivity contribution in [3.63, 3.8) is 0 Å². The molecule has 0 saturated carbocycles. The second-order valence-electron chi connectivity index (χ2n) is 6.28. The van der Waals surface area contributed by atoms with Gasteiger partial charge in [-0.05, 0) is 43.2 Å². The van der Waals surface area contributed by atoms with Crippen LogP contribution in [0.4, 0.5) is 4.39 Å². The first-order valence-electron chi connectivity index (χ1n) is 8.66. The summed E-state index contributed by atoms with van der Waals surface area (Å²) in [7, 11) is 0. The van der Waals surface area contributed by atoms with Crippen molar-refractivity contribution in [2.45, 2.75) is 32.9 Å². The summed E-state index contributed by atoms with van der Waals surface area (Å²) in [6.45, 7) is 3.71. The van der Waals surface area contributed by atoms with E-state index in [0.717, 1.165) is 15.8 Å². The molecular formula is C20H20FN3O3. The minimum atomic E-state index is -0.743. The Bertz CT molecular complexity index is 975. The van der Waals surface area contributed by atoms with Crippen LogP contribution in [0.15, 0.2) is 57.7 Å². The van der Waals surface area contributed by atoms with Crippen LogP contribution in [-0.4, -0.2) is 15.7 Å². The summed E-state index contributed by atoms with van der Waals surface area (Å²) in [6.07, 6.45) is 0.712. The zero-order chi connectivity index (χ0) is 19.4. The number of amides is 1. The number of nitrogens with zero attached hydrogens (tertiary/aromatic N) is 2. The summed E-state index contributed by atoms with van der Waals surface area (Å²) in [4.78, 5) is 24.3. The Balaban J connectivity index is 1.71. The van der Waals surface area contributed by atoms with Crippen LogP contribution in [0, 0.1) is 12.7 Å². The van der Waals surface area contributed by atoms with Gasteiger partial charge in [-0.1, -0.05) is 36.8 Å². The van der Waals surface area contributed by atoms with E-state index in [2.05, 4.69) is 10.4 Å². The molecule has 0 radical (unpaired) electrons. The number of rotatable bonds is 6. The lowest BCUT2D eigenvalue weighted by molar-refractivity contribution is -0.122. The van der Waals surface area contributed by atoms with Crippen LogP contribution >= 0.6 is 0 Å². The largest absolute Gasteiger partial charge is 0.437 e. The van der Waals surface area contributed by atoms with E-state index in [1.807, 2.05) is 38.1 Å². The molecule has 140 valence electrons. The van der Waals surface area contributed by atoms with Crippen LogP contribution in [0.5, 0.6) is 0 Å². The Kier molecular flexibility index (Phi) is 5.49. The molecule has 0 aliphatic carbocycles. The van der Waals surface area contributed by atoms with Gasteiger partial charge in [0.2, 0.25) is 11.8 Å². The normalized spacial score (nSPS) is 12.0. The van der Waals surface area contributed by atoms with Crippen molar-refractivity contribution in [2.75, 3.05) is 0 Å². The number of aromatic nitrogens is 2. The van der Waals surface area contributed by atoms with Gasteiger partial charge >= 0.3 is 5.76 Å². The molecule has 1 aromatic heterocycles. The van der Waals surface area contributed by atoms with E-state index in [9.17, 15) is 14.0 Å². The Morgan fingerprint density at radius 3 is 2.48 bits per heavy atom. The third-order valence-electron chi connectivity index (χ3n) is 4.21. The zero-order valence-corrected chi connectivity index (χ0v) is 15.1. The number of hydrogen-bond acceptors (Lipinski definition) is 4. The number of hydrogen-bond donors (Lipinski definition) is 1. The van der Waals surface area contributed by atoms with Crippen LogP contribution in [-0.2, 0) is 11.3 Å². The second-order valence-corrected chi connectivity index (χ2v) is 6.28. The predicted octanol–water partition coefficient (Wildman–Crippen LogP) is 3.22. The molecule has 27 heavy (non-hydrogen) atoms. The van der Waals surface area contributed by atoms with Gasteiger partial charge in [-0.15, -0.1) is 5.10 Å². The first-order chi connectivity index (χ1) is 13.0. The highest BCUT2D eigenvalue weighted by atomic mass is 19.1. The molecule has 0 aliphatic rings. The highest BCUT2D eigenvalue weighted by Crippen LogP contribution is 2.18. The molecule has 3 rings (SSSR count). The molecule has 1 heterocycles. The maximum Gasteiger partial charge on any atom is 0.437 e. The van der Waals surface area contributed by atoms with Crippen LogP contribution in [0.25, 0.3) is 11.5 Å². The molecule has 7 heteroatoms. The molecule has 2 aromatic carbocycles. The van der Waals surface area contributed by atoms with Crippen molar-refractivity contribution in [1.29, 1.82) is 0 Å². The predicted molar refractivity (Wildman–Crippen MR) is 98.5 cm³/mol. The maximum absolute atomic E-state index is 13.0. The summed E-state index contributed by atoms with van der Waals surface area (Å²) in [6, 6.07) is 13.2. The molecular weight excluding hydrogens is 349 g/mol. The molecule has 1 atom stereocenters. The van der Waals surface area contributed by atoms with Crippen LogP contribution < -0.4 is 11.1 Å². The molecule has 0 saturated heterocycles. The number of carbonyl (C=O) groups excluding carboxylic acids is 1. The molecule has 1 N–H and O–H groups in total. The fourth-order valence-electron chi connectivity index (χ4n) is 2.71. The quantitative estimate of drug-likeness (QED) is 0.724. The van der Waals surface area contributed by atoms with Gasteiger partial charge in [0, 0.05) is 5.56 Å². The van der Waals surface area contributed by atoms with Crippen LogP contribution in [0.1, 0.15) is 30.5 Å². The van der Waals surface area contributed by atoms with Gasteiger partial charge in [0.05, 0.1) is 6.04 Å². The Morgan fingerprint density at radius 2 is 1.85 bits per heavy atom. The Morgan fingerprint density at radius 1 is 1.19 bits per heavy atom. The smallest absolute Gasteiger partial charge is 0.388 e. The van der Waals surface area contributed by atoms with E-state index in [-0.39, 0.29) is 24.4 Å². The van der Waals surface area contributed by atoms with Gasteiger partial charge in [0.15, 0.2) is 0 Å². The molecule has 0 spiro atoms. The van der Waals surface area contributed by atoms with Crippen molar-refractivity contribution >= 4 is 5.91 Å². The zero-order valence-electron chi connectivity index (χ0n) is 15.1. The summed E-state index contributed by atoms with van der Waals surface area (Å²) in [5.41, 5.74) is 2.59. The van der Waals surface area contributed by atoms with Crippen molar-refractivity contribution in [1.82, 2.24) is 15.1 Å². The van der Waals surface area contributed by atoms with Crippen LogP contribution in [0.2, 0.25) is 0 Å². The van der Waals surface area contributed by atoms with E-state index < -0.39 is 11.6 Å². The molecule has 3 aromatic rings. The molecule has 0 fully saturated rings. The van der Waals surface area contributed by atoms with Gasteiger partial charge in [0.1, 0.15) is 12.4 Å². The topological polar surface area (TPSA) is 77.1 Å². The SMILES string of the molecule is CC[C@H](NC(=O)Cn1nc(-c2ccc(F)cc2)oc1=O)c1ccc(C)cc1. The summed E-state index contributed by atoms with van der Waals surface area (Å²) >= 11 is 0. The van der Waals surface area contributed by atoms with Crippen molar-refractivity contribution in [3.8, 4) is 11.5 Å². The van der Waals surface area contributed by atoms with Gasteiger partial charge in [-0.25, -0.2) is 9.18 Å². The summed E-state index contributed by atoms with van der Waals surface area (Å²) < 4.78 is 19.0. The van der Waals surface area contributed by atoms with Gasteiger partial charge < -0.3 is 9.73 Å².